The molecule has 4 heteroatoms. The molecule has 0 fully saturated rings. The van der Waals surface area contributed by atoms with Crippen LogP contribution in [0.15, 0.2) is 6.20 Å². The highest BCUT2D eigenvalue weighted by Crippen LogP contribution is 2.08. The standard InChI is InChI=1S/C12H23N3O/c1-10-11(8-13-5)9-15(14-10)6-7-16-12(2,3)4/h9,13H,6-8H2,1-5H3. The summed E-state index contributed by atoms with van der Waals surface area (Å²) in [4.78, 5) is 0. The van der Waals surface area contributed by atoms with Crippen molar-refractivity contribution in [3.63, 3.8) is 0 Å². The minimum atomic E-state index is -0.0734. The van der Waals surface area contributed by atoms with Crippen LogP contribution in [0.25, 0.3) is 0 Å². The summed E-state index contributed by atoms with van der Waals surface area (Å²) in [7, 11) is 1.94. The summed E-state index contributed by atoms with van der Waals surface area (Å²) in [5, 5.41) is 7.58. The summed E-state index contributed by atoms with van der Waals surface area (Å²) in [6.45, 7) is 10.6. The van der Waals surface area contributed by atoms with Crippen LogP contribution in [0.2, 0.25) is 0 Å². The normalized spacial score (nSPS) is 12.1. The first-order valence-electron chi connectivity index (χ1n) is 5.74. The Morgan fingerprint density at radius 3 is 2.69 bits per heavy atom. The third kappa shape index (κ3) is 4.33. The number of nitrogens with zero attached hydrogens (tertiary/aromatic N) is 2. The number of nitrogens with one attached hydrogen (secondary N) is 1. The molecule has 1 rings (SSSR count). The topological polar surface area (TPSA) is 39.1 Å². The molecule has 0 saturated heterocycles. The average molecular weight is 225 g/mol. The van der Waals surface area contributed by atoms with Gasteiger partial charge >= 0.3 is 0 Å². The van der Waals surface area contributed by atoms with E-state index in [1.165, 1.54) is 5.56 Å². The van der Waals surface area contributed by atoms with E-state index < -0.39 is 0 Å². The molecule has 0 aliphatic carbocycles. The van der Waals surface area contributed by atoms with Gasteiger partial charge in [-0.1, -0.05) is 0 Å². The van der Waals surface area contributed by atoms with Crippen molar-refractivity contribution in [1.29, 1.82) is 0 Å². The van der Waals surface area contributed by atoms with Crippen LogP contribution in [0, 0.1) is 6.92 Å². The van der Waals surface area contributed by atoms with Crippen LogP contribution in [-0.2, 0) is 17.8 Å². The van der Waals surface area contributed by atoms with Gasteiger partial charge in [0.2, 0.25) is 0 Å². The van der Waals surface area contributed by atoms with Gasteiger partial charge in [0.15, 0.2) is 0 Å². The van der Waals surface area contributed by atoms with Crippen molar-refractivity contribution in [2.45, 2.75) is 46.4 Å². The Hall–Kier alpha value is -0.870. The third-order valence-electron chi connectivity index (χ3n) is 2.27. The van der Waals surface area contributed by atoms with Gasteiger partial charge in [-0.3, -0.25) is 4.68 Å². The molecule has 0 spiro atoms. The number of rotatable bonds is 5. The van der Waals surface area contributed by atoms with Crippen LogP contribution in [0.5, 0.6) is 0 Å². The van der Waals surface area contributed by atoms with E-state index in [2.05, 4.69) is 37.4 Å². The first-order valence-corrected chi connectivity index (χ1v) is 5.74. The summed E-state index contributed by atoms with van der Waals surface area (Å²) in [6.07, 6.45) is 2.08. The molecule has 0 aliphatic rings. The van der Waals surface area contributed by atoms with Gasteiger partial charge in [0.25, 0.3) is 0 Å². The zero-order chi connectivity index (χ0) is 12.2. The monoisotopic (exact) mass is 225 g/mol. The molecule has 1 aromatic heterocycles. The highest BCUT2D eigenvalue weighted by atomic mass is 16.5. The summed E-state index contributed by atoms with van der Waals surface area (Å²) in [6, 6.07) is 0. The van der Waals surface area contributed by atoms with Gasteiger partial charge in [0, 0.05) is 18.3 Å². The SMILES string of the molecule is CNCc1cn(CCOC(C)(C)C)nc1C. The van der Waals surface area contributed by atoms with Gasteiger partial charge < -0.3 is 10.1 Å². The van der Waals surface area contributed by atoms with Crippen molar-refractivity contribution in [1.82, 2.24) is 15.1 Å². The van der Waals surface area contributed by atoms with E-state index in [0.717, 1.165) is 18.8 Å². The maximum absolute atomic E-state index is 5.67. The molecule has 0 saturated carbocycles. The third-order valence-corrected chi connectivity index (χ3v) is 2.27. The maximum Gasteiger partial charge on any atom is 0.0669 e. The smallest absolute Gasteiger partial charge is 0.0669 e. The van der Waals surface area contributed by atoms with E-state index in [0.29, 0.717) is 6.61 Å². The van der Waals surface area contributed by atoms with Crippen LogP contribution in [0.4, 0.5) is 0 Å². The van der Waals surface area contributed by atoms with Gasteiger partial charge in [0.05, 0.1) is 24.4 Å². The first kappa shape index (κ1) is 13.2. The molecule has 16 heavy (non-hydrogen) atoms. The van der Waals surface area contributed by atoms with E-state index >= 15 is 0 Å². The number of aromatic nitrogens is 2. The number of ether oxygens (including phenoxy) is 1. The van der Waals surface area contributed by atoms with E-state index in [-0.39, 0.29) is 5.60 Å². The van der Waals surface area contributed by atoms with Crippen LogP contribution in [0.1, 0.15) is 32.0 Å². The molecule has 0 amide bonds. The lowest BCUT2D eigenvalue weighted by Gasteiger charge is -2.19. The van der Waals surface area contributed by atoms with Crippen molar-refractivity contribution < 1.29 is 4.74 Å². The summed E-state index contributed by atoms with van der Waals surface area (Å²) in [5.74, 6) is 0. The molecule has 0 radical (unpaired) electrons. The average Bonchev–Trinajstić information content (AvgIpc) is 2.46. The molecule has 0 aromatic carbocycles. The number of hydrogen-bond donors (Lipinski definition) is 1. The molecule has 1 aromatic rings. The first-order chi connectivity index (χ1) is 7.42. The highest BCUT2D eigenvalue weighted by molar-refractivity contribution is 5.14. The predicted octanol–water partition coefficient (Wildman–Crippen LogP) is 1.73. The fraction of sp³-hybridized carbons (Fsp3) is 0.750. The highest BCUT2D eigenvalue weighted by Gasteiger charge is 2.10. The lowest BCUT2D eigenvalue weighted by molar-refractivity contribution is -0.00791. The molecule has 1 N–H and O–H groups in total. The van der Waals surface area contributed by atoms with Gasteiger partial charge in [0.1, 0.15) is 0 Å². The largest absolute Gasteiger partial charge is 0.374 e. The van der Waals surface area contributed by atoms with Crippen LogP contribution in [0.3, 0.4) is 0 Å². The minimum Gasteiger partial charge on any atom is -0.374 e. The Balaban J connectivity index is 2.46. The Labute approximate surface area is 98.0 Å². The van der Waals surface area contributed by atoms with Crippen LogP contribution >= 0.6 is 0 Å². The van der Waals surface area contributed by atoms with Gasteiger partial charge in [-0.15, -0.1) is 0 Å². The Kier molecular flexibility index (Phi) is 4.50. The van der Waals surface area contributed by atoms with Gasteiger partial charge in [-0.25, -0.2) is 0 Å². The second-order valence-corrected chi connectivity index (χ2v) is 4.99. The number of aryl methyl sites for hydroxylation is 1. The fourth-order valence-electron chi connectivity index (χ4n) is 1.48. The lowest BCUT2D eigenvalue weighted by Crippen LogP contribution is -2.22. The molecule has 0 unspecified atom stereocenters. The predicted molar refractivity (Wildman–Crippen MR) is 65.4 cm³/mol. The van der Waals surface area contributed by atoms with Gasteiger partial charge in [-0.05, 0) is 34.7 Å². The van der Waals surface area contributed by atoms with E-state index in [1.807, 2.05) is 18.7 Å². The second kappa shape index (κ2) is 5.46. The van der Waals surface area contributed by atoms with Crippen LogP contribution in [-0.4, -0.2) is 29.0 Å². The molecular formula is C12H23N3O. The Morgan fingerprint density at radius 1 is 1.44 bits per heavy atom. The second-order valence-electron chi connectivity index (χ2n) is 4.99. The minimum absolute atomic E-state index is 0.0734. The zero-order valence-electron chi connectivity index (χ0n) is 11.0. The maximum atomic E-state index is 5.67. The Morgan fingerprint density at radius 2 is 2.12 bits per heavy atom. The van der Waals surface area contributed by atoms with Crippen molar-refractivity contribution in [3.8, 4) is 0 Å². The zero-order valence-corrected chi connectivity index (χ0v) is 11.0. The van der Waals surface area contributed by atoms with Crippen molar-refractivity contribution in [2.75, 3.05) is 13.7 Å². The van der Waals surface area contributed by atoms with Crippen molar-refractivity contribution >= 4 is 0 Å². The molecule has 0 atom stereocenters. The van der Waals surface area contributed by atoms with Crippen LogP contribution < -0.4 is 5.32 Å². The van der Waals surface area contributed by atoms with Gasteiger partial charge in [-0.2, -0.15) is 5.10 Å². The summed E-state index contributed by atoms with van der Waals surface area (Å²) >= 11 is 0. The summed E-state index contributed by atoms with van der Waals surface area (Å²) in [5.41, 5.74) is 2.26. The molecule has 0 bridgehead atoms. The fourth-order valence-corrected chi connectivity index (χ4v) is 1.48. The lowest BCUT2D eigenvalue weighted by atomic mass is 10.2. The number of hydrogen-bond acceptors (Lipinski definition) is 3. The van der Waals surface area contributed by atoms with Crippen molar-refractivity contribution in [2.24, 2.45) is 0 Å². The molecule has 92 valence electrons. The Bertz CT molecular complexity index is 325. The molecule has 4 nitrogen and oxygen atoms in total. The quantitative estimate of drug-likeness (QED) is 0.829. The van der Waals surface area contributed by atoms with E-state index in [4.69, 9.17) is 4.74 Å². The van der Waals surface area contributed by atoms with E-state index in [1.54, 1.807) is 0 Å². The van der Waals surface area contributed by atoms with Crippen molar-refractivity contribution in [3.05, 3.63) is 17.5 Å². The molecular weight excluding hydrogens is 202 g/mol. The summed E-state index contributed by atoms with van der Waals surface area (Å²) < 4.78 is 7.62. The molecule has 1 heterocycles. The molecule has 0 aliphatic heterocycles. The van der Waals surface area contributed by atoms with E-state index in [9.17, 15) is 0 Å².